The molecule has 0 aliphatic rings. The summed E-state index contributed by atoms with van der Waals surface area (Å²) in [4.78, 5) is 35.7. The van der Waals surface area contributed by atoms with Gasteiger partial charge in [-0.3, -0.25) is 9.59 Å². The number of rotatable bonds is 5. The molecule has 0 fully saturated rings. The Morgan fingerprint density at radius 3 is 2.48 bits per heavy atom. The Balaban J connectivity index is 1.81. The molecular weight excluding hydrogens is 406 g/mol. The Morgan fingerprint density at radius 1 is 1.00 bits per heavy atom. The molecule has 6 heteroatoms. The third-order valence-corrected chi connectivity index (χ3v) is 6.23. The van der Waals surface area contributed by atoms with Crippen molar-refractivity contribution in [1.29, 1.82) is 0 Å². The molecule has 0 aliphatic heterocycles. The molecule has 0 saturated carbocycles. The fourth-order valence-corrected chi connectivity index (χ4v) is 4.40. The standard InChI is InChI=1S/C25H23N3O2S/c1-15-9-11-17(3)20(13-15)23(29)18(4)31-25-27-21-8-6-5-7-19(21)24(30)28(25)22-12-10-16(2)14-26-22/h5-14,18H,1-4H3. The number of benzene rings is 2. The first-order valence-electron chi connectivity index (χ1n) is 10.1. The van der Waals surface area contributed by atoms with E-state index in [-0.39, 0.29) is 11.3 Å². The zero-order chi connectivity index (χ0) is 22.1. The van der Waals surface area contributed by atoms with Crippen LogP contribution in [0.4, 0.5) is 0 Å². The summed E-state index contributed by atoms with van der Waals surface area (Å²) in [5, 5.41) is 0.541. The monoisotopic (exact) mass is 429 g/mol. The summed E-state index contributed by atoms with van der Waals surface area (Å²) in [6.45, 7) is 7.70. The van der Waals surface area contributed by atoms with Gasteiger partial charge in [0, 0.05) is 11.8 Å². The molecule has 2 heterocycles. The number of hydrogen-bond donors (Lipinski definition) is 0. The molecule has 5 nitrogen and oxygen atoms in total. The van der Waals surface area contributed by atoms with Crippen LogP contribution in [0.15, 0.2) is 70.7 Å². The van der Waals surface area contributed by atoms with Gasteiger partial charge < -0.3 is 0 Å². The summed E-state index contributed by atoms with van der Waals surface area (Å²) in [7, 11) is 0. The van der Waals surface area contributed by atoms with Crippen molar-refractivity contribution in [2.45, 2.75) is 38.1 Å². The Labute approximate surface area is 185 Å². The number of para-hydroxylation sites is 1. The number of ketones is 1. The van der Waals surface area contributed by atoms with Gasteiger partial charge in [-0.15, -0.1) is 0 Å². The summed E-state index contributed by atoms with van der Waals surface area (Å²) < 4.78 is 1.50. The molecule has 0 N–H and O–H groups in total. The normalized spacial score (nSPS) is 12.1. The largest absolute Gasteiger partial charge is 0.293 e. The molecule has 4 aromatic rings. The fraction of sp³-hybridized carbons (Fsp3) is 0.200. The molecule has 156 valence electrons. The molecule has 0 saturated heterocycles. The lowest BCUT2D eigenvalue weighted by molar-refractivity contribution is 0.0993. The highest BCUT2D eigenvalue weighted by molar-refractivity contribution is 8.00. The Hall–Kier alpha value is -3.25. The molecule has 1 unspecified atom stereocenters. The van der Waals surface area contributed by atoms with Crippen molar-refractivity contribution in [3.63, 3.8) is 0 Å². The van der Waals surface area contributed by atoms with Crippen LogP contribution in [0.3, 0.4) is 0 Å². The zero-order valence-electron chi connectivity index (χ0n) is 17.9. The van der Waals surface area contributed by atoms with Crippen LogP contribution in [0.25, 0.3) is 16.7 Å². The van der Waals surface area contributed by atoms with Gasteiger partial charge in [-0.1, -0.05) is 47.7 Å². The zero-order valence-corrected chi connectivity index (χ0v) is 18.7. The van der Waals surface area contributed by atoms with Gasteiger partial charge >= 0.3 is 0 Å². The number of aryl methyl sites for hydroxylation is 3. The third-order valence-electron chi connectivity index (χ3n) is 5.18. The lowest BCUT2D eigenvalue weighted by Crippen LogP contribution is -2.24. The number of carbonyl (C=O) groups is 1. The van der Waals surface area contributed by atoms with E-state index in [2.05, 4.69) is 4.98 Å². The number of carbonyl (C=O) groups excluding carboxylic acids is 1. The lowest BCUT2D eigenvalue weighted by atomic mass is 10.0. The van der Waals surface area contributed by atoms with E-state index in [4.69, 9.17) is 4.98 Å². The summed E-state index contributed by atoms with van der Waals surface area (Å²) in [6, 6.07) is 16.8. The number of pyridine rings is 1. The van der Waals surface area contributed by atoms with Crippen LogP contribution in [-0.2, 0) is 0 Å². The minimum Gasteiger partial charge on any atom is -0.293 e. The molecule has 31 heavy (non-hydrogen) atoms. The average molecular weight is 430 g/mol. The Bertz CT molecular complexity index is 1340. The van der Waals surface area contributed by atoms with Crippen molar-refractivity contribution in [3.8, 4) is 5.82 Å². The Kier molecular flexibility index (Phi) is 5.74. The van der Waals surface area contributed by atoms with Gasteiger partial charge in [0.2, 0.25) is 0 Å². The van der Waals surface area contributed by atoms with E-state index in [1.165, 1.54) is 16.3 Å². The SMILES string of the molecule is Cc1ccc(-n2c(SC(C)C(=O)c3cc(C)ccc3C)nc3ccccc3c2=O)nc1. The first-order chi connectivity index (χ1) is 14.8. The highest BCUT2D eigenvalue weighted by Crippen LogP contribution is 2.27. The second kappa shape index (κ2) is 8.47. The summed E-state index contributed by atoms with van der Waals surface area (Å²) >= 11 is 1.28. The van der Waals surface area contributed by atoms with E-state index < -0.39 is 5.25 Å². The average Bonchev–Trinajstić information content (AvgIpc) is 2.76. The minimum atomic E-state index is -0.426. The molecular formula is C25H23N3O2S. The van der Waals surface area contributed by atoms with Crippen molar-refractivity contribution in [1.82, 2.24) is 14.5 Å². The van der Waals surface area contributed by atoms with Crippen molar-refractivity contribution in [3.05, 3.63) is 93.4 Å². The quantitative estimate of drug-likeness (QED) is 0.252. The number of Topliss-reactive ketones (excluding diaryl/α,β-unsaturated/α-hetero) is 1. The summed E-state index contributed by atoms with van der Waals surface area (Å²) in [5.41, 5.74) is 4.07. The maximum absolute atomic E-state index is 13.3. The first-order valence-corrected chi connectivity index (χ1v) is 11.0. The third kappa shape index (κ3) is 4.16. The van der Waals surface area contributed by atoms with E-state index in [0.717, 1.165) is 16.7 Å². The van der Waals surface area contributed by atoms with Gasteiger partial charge in [-0.25, -0.2) is 14.5 Å². The van der Waals surface area contributed by atoms with Crippen LogP contribution in [0.5, 0.6) is 0 Å². The molecule has 0 aliphatic carbocycles. The van der Waals surface area contributed by atoms with Crippen molar-refractivity contribution in [2.75, 3.05) is 0 Å². The second-order valence-corrected chi connectivity index (χ2v) is 9.00. The number of nitrogens with zero attached hydrogens (tertiary/aromatic N) is 3. The van der Waals surface area contributed by atoms with Gasteiger partial charge in [-0.05, 0) is 63.1 Å². The number of thioether (sulfide) groups is 1. The van der Waals surface area contributed by atoms with Crippen LogP contribution in [-0.4, -0.2) is 25.6 Å². The first kappa shape index (κ1) is 21.0. The van der Waals surface area contributed by atoms with Crippen molar-refractivity contribution < 1.29 is 4.79 Å². The van der Waals surface area contributed by atoms with E-state index in [1.807, 2.05) is 70.2 Å². The van der Waals surface area contributed by atoms with Crippen LogP contribution in [0.1, 0.15) is 34.0 Å². The molecule has 2 aromatic carbocycles. The maximum Gasteiger partial charge on any atom is 0.267 e. The van der Waals surface area contributed by atoms with Crippen molar-refractivity contribution in [2.24, 2.45) is 0 Å². The van der Waals surface area contributed by atoms with Gasteiger partial charge in [0.1, 0.15) is 5.82 Å². The second-order valence-electron chi connectivity index (χ2n) is 7.69. The van der Waals surface area contributed by atoms with Gasteiger partial charge in [-0.2, -0.15) is 0 Å². The topological polar surface area (TPSA) is 64.8 Å². The van der Waals surface area contributed by atoms with Crippen LogP contribution in [0.2, 0.25) is 0 Å². The summed E-state index contributed by atoms with van der Waals surface area (Å²) in [6.07, 6.45) is 1.72. The van der Waals surface area contributed by atoms with Gasteiger partial charge in [0.05, 0.1) is 16.2 Å². The highest BCUT2D eigenvalue weighted by Gasteiger charge is 2.23. The molecule has 0 spiro atoms. The highest BCUT2D eigenvalue weighted by atomic mass is 32.2. The molecule has 0 radical (unpaired) electrons. The van der Waals surface area contributed by atoms with Gasteiger partial charge in [0.15, 0.2) is 10.9 Å². The minimum absolute atomic E-state index is 0.0111. The maximum atomic E-state index is 13.3. The van der Waals surface area contributed by atoms with Crippen LogP contribution in [0, 0.1) is 20.8 Å². The predicted octanol–water partition coefficient (Wildman–Crippen LogP) is 5.07. The number of hydrogen-bond acceptors (Lipinski definition) is 5. The number of fused-ring (bicyclic) bond motifs is 1. The molecule has 1 atom stereocenters. The lowest BCUT2D eigenvalue weighted by Gasteiger charge is -2.16. The number of aromatic nitrogens is 3. The van der Waals surface area contributed by atoms with Crippen molar-refractivity contribution >= 4 is 28.4 Å². The summed E-state index contributed by atoms with van der Waals surface area (Å²) in [5.74, 6) is 0.500. The fourth-order valence-electron chi connectivity index (χ4n) is 3.42. The molecule has 0 amide bonds. The van der Waals surface area contributed by atoms with E-state index in [1.54, 1.807) is 18.3 Å². The van der Waals surface area contributed by atoms with Gasteiger partial charge in [0.25, 0.3) is 5.56 Å². The Morgan fingerprint density at radius 2 is 1.74 bits per heavy atom. The van der Waals surface area contributed by atoms with E-state index >= 15 is 0 Å². The smallest absolute Gasteiger partial charge is 0.267 e. The molecule has 4 rings (SSSR count). The molecule has 2 aromatic heterocycles. The van der Waals surface area contributed by atoms with E-state index in [9.17, 15) is 9.59 Å². The predicted molar refractivity (Wildman–Crippen MR) is 125 cm³/mol. The van der Waals surface area contributed by atoms with E-state index in [0.29, 0.717) is 27.4 Å². The van der Waals surface area contributed by atoms with Crippen LogP contribution >= 0.6 is 11.8 Å². The van der Waals surface area contributed by atoms with Crippen LogP contribution < -0.4 is 5.56 Å². The molecule has 0 bridgehead atoms.